The average Bonchev–Trinajstić information content (AvgIpc) is 2.67. The van der Waals surface area contributed by atoms with E-state index in [2.05, 4.69) is 11.4 Å². The first-order valence-electron chi connectivity index (χ1n) is 7.81. The Hall–Kier alpha value is -2.65. The van der Waals surface area contributed by atoms with Crippen molar-refractivity contribution >= 4 is 52.2 Å². The molecule has 0 bridgehead atoms. The molecule has 3 aromatic carbocycles. The Labute approximate surface area is 170 Å². The van der Waals surface area contributed by atoms with Crippen LogP contribution in [0.3, 0.4) is 0 Å². The van der Waals surface area contributed by atoms with Gasteiger partial charge in [0.1, 0.15) is 6.07 Å². The van der Waals surface area contributed by atoms with Crippen molar-refractivity contribution < 1.29 is 4.79 Å². The van der Waals surface area contributed by atoms with E-state index in [4.69, 9.17) is 28.9 Å². The molecule has 3 rings (SSSR count). The molecule has 3 N–H and O–H groups in total. The number of hydrogen-bond donors (Lipinski definition) is 2. The van der Waals surface area contributed by atoms with Gasteiger partial charge in [-0.3, -0.25) is 4.79 Å². The third-order valence-electron chi connectivity index (χ3n) is 3.70. The Kier molecular flexibility index (Phi) is 5.92. The maximum Gasteiger partial charge on any atom is 0.256 e. The summed E-state index contributed by atoms with van der Waals surface area (Å²) in [4.78, 5) is 14.3. The second-order valence-corrected chi connectivity index (χ2v) is 7.41. The van der Waals surface area contributed by atoms with Gasteiger partial charge < -0.3 is 11.1 Å². The monoisotopic (exact) mass is 413 g/mol. The first kappa shape index (κ1) is 19.1. The molecule has 3 aromatic rings. The molecule has 0 atom stereocenters. The zero-order valence-corrected chi connectivity index (χ0v) is 16.2. The van der Waals surface area contributed by atoms with Crippen LogP contribution in [0, 0.1) is 11.3 Å². The lowest BCUT2D eigenvalue weighted by Gasteiger charge is -2.12. The summed E-state index contributed by atoms with van der Waals surface area (Å²) in [5.41, 5.74) is 7.46. The molecule has 0 aliphatic heterocycles. The summed E-state index contributed by atoms with van der Waals surface area (Å²) in [6.07, 6.45) is 0. The minimum Gasteiger partial charge on any atom is -0.396 e. The normalized spacial score (nSPS) is 10.3. The number of carbonyl (C=O) groups is 1. The van der Waals surface area contributed by atoms with Gasteiger partial charge in [0.15, 0.2) is 0 Å². The molecule has 1 amide bonds. The van der Waals surface area contributed by atoms with E-state index in [-0.39, 0.29) is 21.6 Å². The Morgan fingerprint density at radius 3 is 2.26 bits per heavy atom. The number of nitrogens with two attached hydrogens (primary N) is 1. The quantitative estimate of drug-likeness (QED) is 0.525. The highest BCUT2D eigenvalue weighted by molar-refractivity contribution is 7.99. The molecule has 0 unspecified atom stereocenters. The van der Waals surface area contributed by atoms with Crippen LogP contribution >= 0.6 is 35.0 Å². The van der Waals surface area contributed by atoms with Crippen LogP contribution in [0.15, 0.2) is 70.5 Å². The van der Waals surface area contributed by atoms with E-state index in [0.717, 1.165) is 9.79 Å². The van der Waals surface area contributed by atoms with Gasteiger partial charge in [-0.05, 0) is 36.4 Å². The van der Waals surface area contributed by atoms with Gasteiger partial charge in [0.2, 0.25) is 0 Å². The predicted molar refractivity (Wildman–Crippen MR) is 111 cm³/mol. The molecule has 0 spiro atoms. The van der Waals surface area contributed by atoms with Gasteiger partial charge >= 0.3 is 0 Å². The predicted octanol–water partition coefficient (Wildman–Crippen LogP) is 5.85. The van der Waals surface area contributed by atoms with Crippen LogP contribution in [0.5, 0.6) is 0 Å². The van der Waals surface area contributed by atoms with Crippen molar-refractivity contribution in [2.75, 3.05) is 11.1 Å². The minimum absolute atomic E-state index is 0.264. The minimum atomic E-state index is -0.315. The van der Waals surface area contributed by atoms with Crippen molar-refractivity contribution in [3.8, 4) is 6.07 Å². The molecule has 134 valence electrons. The summed E-state index contributed by atoms with van der Waals surface area (Å²) in [6.45, 7) is 0. The van der Waals surface area contributed by atoms with E-state index in [0.29, 0.717) is 16.8 Å². The van der Waals surface area contributed by atoms with Crippen LogP contribution in [0.2, 0.25) is 10.0 Å². The fraction of sp³-hybridized carbons (Fsp3) is 0. The number of benzene rings is 3. The van der Waals surface area contributed by atoms with Crippen LogP contribution in [0.4, 0.5) is 11.4 Å². The van der Waals surface area contributed by atoms with Crippen LogP contribution in [0.25, 0.3) is 0 Å². The third kappa shape index (κ3) is 4.37. The number of nitrogens with zero attached hydrogens (tertiary/aromatic N) is 1. The maximum atomic E-state index is 12.8. The number of carbonyl (C=O) groups excluding carboxylic acids is 1. The van der Waals surface area contributed by atoms with E-state index in [1.54, 1.807) is 36.4 Å². The molecule has 7 heteroatoms. The molecular formula is C20H13Cl2N3OS. The summed E-state index contributed by atoms with van der Waals surface area (Å²) in [5, 5.41) is 12.6. The summed E-state index contributed by atoms with van der Waals surface area (Å²) in [7, 11) is 0. The van der Waals surface area contributed by atoms with Crippen molar-refractivity contribution in [3.05, 3.63) is 81.8 Å². The number of nitriles is 1. The fourth-order valence-electron chi connectivity index (χ4n) is 2.36. The van der Waals surface area contributed by atoms with Crippen molar-refractivity contribution in [1.29, 1.82) is 5.26 Å². The van der Waals surface area contributed by atoms with E-state index in [1.165, 1.54) is 11.8 Å². The lowest BCUT2D eigenvalue weighted by atomic mass is 10.2. The molecule has 0 aliphatic carbocycles. The second-order valence-electron chi connectivity index (χ2n) is 5.51. The molecular weight excluding hydrogens is 401 g/mol. The zero-order valence-electron chi connectivity index (χ0n) is 13.9. The number of amides is 1. The van der Waals surface area contributed by atoms with Crippen LogP contribution in [-0.4, -0.2) is 5.91 Å². The molecule has 0 aliphatic rings. The number of nitrogens with one attached hydrogen (secondary N) is 1. The van der Waals surface area contributed by atoms with Crippen molar-refractivity contribution in [2.45, 2.75) is 9.79 Å². The summed E-state index contributed by atoms with van der Waals surface area (Å²) in [5.74, 6) is -0.315. The third-order valence-corrected chi connectivity index (χ3v) is 5.47. The molecule has 0 saturated heterocycles. The van der Waals surface area contributed by atoms with Gasteiger partial charge in [0.25, 0.3) is 5.91 Å². The zero-order chi connectivity index (χ0) is 19.4. The number of hydrogen-bond acceptors (Lipinski definition) is 4. The number of anilines is 2. The molecule has 27 heavy (non-hydrogen) atoms. The molecule has 0 heterocycles. The molecule has 0 fully saturated rings. The highest BCUT2D eigenvalue weighted by atomic mass is 35.5. The van der Waals surface area contributed by atoms with Gasteiger partial charge in [-0.25, -0.2) is 0 Å². The molecule has 4 nitrogen and oxygen atoms in total. The van der Waals surface area contributed by atoms with Crippen molar-refractivity contribution in [3.63, 3.8) is 0 Å². The molecule has 0 aromatic heterocycles. The summed E-state index contributed by atoms with van der Waals surface area (Å²) < 4.78 is 0. The topological polar surface area (TPSA) is 78.9 Å². The van der Waals surface area contributed by atoms with E-state index in [1.807, 2.05) is 24.3 Å². The van der Waals surface area contributed by atoms with Gasteiger partial charge in [-0.2, -0.15) is 5.26 Å². The molecule has 0 radical (unpaired) electrons. The fourth-order valence-corrected chi connectivity index (χ4v) is 3.88. The summed E-state index contributed by atoms with van der Waals surface area (Å²) >= 11 is 13.4. The van der Waals surface area contributed by atoms with Crippen LogP contribution < -0.4 is 11.1 Å². The Bertz CT molecular complexity index is 1040. The SMILES string of the molecule is N#Cc1ccccc1Sc1ccccc1C(=O)Nc1cc(Cl)c(N)c(Cl)c1. The Morgan fingerprint density at radius 2 is 1.59 bits per heavy atom. The number of rotatable bonds is 4. The van der Waals surface area contributed by atoms with Gasteiger partial charge in [0, 0.05) is 15.5 Å². The lowest BCUT2D eigenvalue weighted by Crippen LogP contribution is -2.13. The Morgan fingerprint density at radius 1 is 1.00 bits per heavy atom. The van der Waals surface area contributed by atoms with Crippen molar-refractivity contribution in [1.82, 2.24) is 0 Å². The number of nitrogen functional groups attached to an aromatic ring is 1. The Balaban J connectivity index is 1.90. The van der Waals surface area contributed by atoms with Crippen LogP contribution in [0.1, 0.15) is 15.9 Å². The highest BCUT2D eigenvalue weighted by Crippen LogP contribution is 2.34. The lowest BCUT2D eigenvalue weighted by molar-refractivity contribution is 0.102. The van der Waals surface area contributed by atoms with Crippen molar-refractivity contribution in [2.24, 2.45) is 0 Å². The van der Waals surface area contributed by atoms with E-state index >= 15 is 0 Å². The smallest absolute Gasteiger partial charge is 0.256 e. The van der Waals surface area contributed by atoms with Crippen LogP contribution in [-0.2, 0) is 0 Å². The summed E-state index contributed by atoms with van der Waals surface area (Å²) in [6, 6.07) is 19.6. The highest BCUT2D eigenvalue weighted by Gasteiger charge is 2.15. The maximum absolute atomic E-state index is 12.8. The van der Waals surface area contributed by atoms with Gasteiger partial charge in [-0.15, -0.1) is 0 Å². The first-order chi connectivity index (χ1) is 13.0. The standard InChI is InChI=1S/C20H13Cl2N3OS/c21-15-9-13(10-16(22)19(15)24)25-20(26)14-6-2-4-8-18(14)27-17-7-3-1-5-12(17)11-23/h1-10H,24H2,(H,25,26). The van der Waals surface area contributed by atoms with E-state index in [9.17, 15) is 10.1 Å². The second kappa shape index (κ2) is 8.36. The van der Waals surface area contributed by atoms with E-state index < -0.39 is 0 Å². The first-order valence-corrected chi connectivity index (χ1v) is 9.38. The van der Waals surface area contributed by atoms with Gasteiger partial charge in [-0.1, -0.05) is 59.2 Å². The van der Waals surface area contributed by atoms with Gasteiger partial charge in [0.05, 0.1) is 26.9 Å². The molecule has 0 saturated carbocycles. The number of halogens is 2. The average molecular weight is 414 g/mol. The largest absolute Gasteiger partial charge is 0.396 e.